The maximum atomic E-state index is 13.4. The summed E-state index contributed by atoms with van der Waals surface area (Å²) in [5.41, 5.74) is 0.333. The highest BCUT2D eigenvalue weighted by molar-refractivity contribution is 7.83. The van der Waals surface area contributed by atoms with E-state index in [2.05, 4.69) is 4.72 Å². The molecule has 22 heavy (non-hydrogen) atoms. The van der Waals surface area contributed by atoms with Gasteiger partial charge >= 0.3 is 5.97 Å². The van der Waals surface area contributed by atoms with Crippen molar-refractivity contribution in [3.8, 4) is 0 Å². The highest BCUT2D eigenvalue weighted by Crippen LogP contribution is 2.33. The zero-order valence-electron chi connectivity index (χ0n) is 12.4. The molecule has 1 aliphatic rings. The van der Waals surface area contributed by atoms with Gasteiger partial charge in [-0.3, -0.25) is 4.79 Å². The van der Waals surface area contributed by atoms with E-state index in [1.54, 1.807) is 6.07 Å². The highest BCUT2D eigenvalue weighted by Gasteiger charge is 2.43. The second-order valence-electron chi connectivity index (χ2n) is 5.45. The number of aliphatic carboxylic acids is 1. The normalized spacial score (nSPS) is 17.7. The minimum atomic E-state index is -1.24. The molecular formula is C15H20FNO4S. The van der Waals surface area contributed by atoms with Gasteiger partial charge in [-0.15, -0.1) is 0 Å². The van der Waals surface area contributed by atoms with Crippen molar-refractivity contribution >= 4 is 17.0 Å². The van der Waals surface area contributed by atoms with Crippen LogP contribution in [0.1, 0.15) is 30.9 Å². The van der Waals surface area contributed by atoms with Crippen LogP contribution in [0.5, 0.6) is 0 Å². The Balaban J connectivity index is 2.26. The molecule has 2 N–H and O–H groups in total. The Hall–Kier alpha value is -1.31. The lowest BCUT2D eigenvalue weighted by Crippen LogP contribution is -2.58. The number of halogens is 1. The molecule has 0 aliphatic carbocycles. The lowest BCUT2D eigenvalue weighted by Gasteiger charge is -2.43. The Labute approximate surface area is 131 Å². The number of carbonyl (C=O) groups is 1. The Kier molecular flexibility index (Phi) is 5.66. The SMILES string of the molecule is CCCCS(=O)NC1(c2ccc(F)cc2CC(=O)O)COC1. The minimum Gasteiger partial charge on any atom is -0.481 e. The fraction of sp³-hybridized carbons (Fsp3) is 0.533. The molecule has 0 amide bonds. The number of ether oxygens (including phenoxy) is 1. The summed E-state index contributed by atoms with van der Waals surface area (Å²) in [7, 11) is -1.24. The fourth-order valence-electron chi connectivity index (χ4n) is 2.46. The molecule has 1 aliphatic heterocycles. The first-order chi connectivity index (χ1) is 10.5. The lowest BCUT2D eigenvalue weighted by atomic mass is 9.84. The summed E-state index contributed by atoms with van der Waals surface area (Å²) >= 11 is 0. The van der Waals surface area contributed by atoms with Crippen molar-refractivity contribution in [1.82, 2.24) is 4.72 Å². The summed E-state index contributed by atoms with van der Waals surface area (Å²) in [6.07, 6.45) is 1.50. The van der Waals surface area contributed by atoms with E-state index >= 15 is 0 Å². The van der Waals surface area contributed by atoms with Crippen LogP contribution in [0.25, 0.3) is 0 Å². The molecule has 0 spiro atoms. The zero-order valence-corrected chi connectivity index (χ0v) is 13.2. The molecule has 0 aromatic heterocycles. The van der Waals surface area contributed by atoms with E-state index in [0.29, 0.717) is 30.1 Å². The van der Waals surface area contributed by atoms with E-state index in [1.807, 2.05) is 6.92 Å². The summed E-state index contributed by atoms with van der Waals surface area (Å²) in [4.78, 5) is 11.0. The number of benzene rings is 1. The number of hydrogen-bond acceptors (Lipinski definition) is 3. The van der Waals surface area contributed by atoms with Crippen molar-refractivity contribution in [3.05, 3.63) is 35.1 Å². The first-order valence-electron chi connectivity index (χ1n) is 7.21. The third kappa shape index (κ3) is 3.91. The number of carboxylic acids is 1. The minimum absolute atomic E-state index is 0.280. The molecule has 2 rings (SSSR count). The predicted octanol–water partition coefficient (Wildman–Crippen LogP) is 1.73. The molecule has 0 saturated carbocycles. The van der Waals surface area contributed by atoms with Gasteiger partial charge in [0.2, 0.25) is 0 Å². The van der Waals surface area contributed by atoms with Crippen molar-refractivity contribution in [1.29, 1.82) is 0 Å². The zero-order chi connectivity index (χ0) is 16.2. The maximum absolute atomic E-state index is 13.4. The molecule has 1 aromatic carbocycles. The predicted molar refractivity (Wildman–Crippen MR) is 81.3 cm³/mol. The number of hydrogen-bond donors (Lipinski definition) is 2. The van der Waals surface area contributed by atoms with E-state index in [9.17, 15) is 13.4 Å². The van der Waals surface area contributed by atoms with Gasteiger partial charge in [0.25, 0.3) is 0 Å². The molecule has 5 nitrogen and oxygen atoms in total. The van der Waals surface area contributed by atoms with E-state index in [-0.39, 0.29) is 6.42 Å². The number of rotatable bonds is 8. The Morgan fingerprint density at radius 2 is 2.23 bits per heavy atom. The van der Waals surface area contributed by atoms with Gasteiger partial charge in [-0.2, -0.15) is 0 Å². The van der Waals surface area contributed by atoms with Crippen LogP contribution < -0.4 is 4.72 Å². The summed E-state index contributed by atoms with van der Waals surface area (Å²) in [6, 6.07) is 4.07. The first kappa shape index (κ1) is 17.1. The van der Waals surface area contributed by atoms with E-state index in [4.69, 9.17) is 9.84 Å². The lowest BCUT2D eigenvalue weighted by molar-refractivity contribution is -0.136. The number of carboxylic acid groups (broad SMARTS) is 1. The van der Waals surface area contributed by atoms with Crippen molar-refractivity contribution in [3.63, 3.8) is 0 Å². The van der Waals surface area contributed by atoms with Crippen molar-refractivity contribution in [2.45, 2.75) is 31.7 Å². The molecule has 1 heterocycles. The van der Waals surface area contributed by atoms with Gasteiger partial charge in [-0.05, 0) is 29.7 Å². The average Bonchev–Trinajstić information content (AvgIpc) is 2.40. The van der Waals surface area contributed by atoms with Gasteiger partial charge in [0, 0.05) is 5.75 Å². The molecule has 1 unspecified atom stereocenters. The van der Waals surface area contributed by atoms with Crippen LogP contribution >= 0.6 is 0 Å². The molecular weight excluding hydrogens is 309 g/mol. The van der Waals surface area contributed by atoms with Gasteiger partial charge in [-0.25, -0.2) is 13.3 Å². The van der Waals surface area contributed by atoms with Crippen LogP contribution in [0.2, 0.25) is 0 Å². The average molecular weight is 329 g/mol. The van der Waals surface area contributed by atoms with Crippen molar-refractivity contribution in [2.75, 3.05) is 19.0 Å². The second kappa shape index (κ2) is 7.30. The van der Waals surface area contributed by atoms with Crippen molar-refractivity contribution in [2.24, 2.45) is 0 Å². The topological polar surface area (TPSA) is 75.6 Å². The van der Waals surface area contributed by atoms with E-state index < -0.39 is 28.3 Å². The molecule has 1 saturated heterocycles. The molecule has 0 radical (unpaired) electrons. The maximum Gasteiger partial charge on any atom is 0.307 e. The van der Waals surface area contributed by atoms with Gasteiger partial charge in [-0.1, -0.05) is 19.4 Å². The highest BCUT2D eigenvalue weighted by atomic mass is 32.2. The molecule has 122 valence electrons. The standard InChI is InChI=1S/C15H20FNO4S/c1-2-3-6-22(20)17-15(9-21-10-15)13-5-4-12(16)7-11(13)8-14(18)19/h4-5,7,17H,2-3,6,8-10H2,1H3,(H,18,19). The summed E-state index contributed by atoms with van der Waals surface area (Å²) in [6.45, 7) is 2.61. The Bertz CT molecular complexity index is 575. The summed E-state index contributed by atoms with van der Waals surface area (Å²) < 4.78 is 33.9. The third-order valence-electron chi connectivity index (χ3n) is 3.61. The van der Waals surface area contributed by atoms with Crippen LogP contribution in [-0.4, -0.2) is 34.3 Å². The molecule has 7 heteroatoms. The number of unbranched alkanes of at least 4 members (excludes halogenated alkanes) is 1. The van der Waals surface area contributed by atoms with Crippen LogP contribution in [0.3, 0.4) is 0 Å². The molecule has 1 aromatic rings. The van der Waals surface area contributed by atoms with Gasteiger partial charge in [0.05, 0.1) is 30.6 Å². The van der Waals surface area contributed by atoms with E-state index in [1.165, 1.54) is 12.1 Å². The second-order valence-corrected chi connectivity index (χ2v) is 6.76. The smallest absolute Gasteiger partial charge is 0.307 e. The number of nitrogens with one attached hydrogen (secondary N) is 1. The first-order valence-corrected chi connectivity index (χ1v) is 8.53. The third-order valence-corrected chi connectivity index (χ3v) is 4.89. The molecule has 1 fully saturated rings. The summed E-state index contributed by atoms with van der Waals surface area (Å²) in [5, 5.41) is 9.00. The Morgan fingerprint density at radius 1 is 1.50 bits per heavy atom. The van der Waals surface area contributed by atoms with Gasteiger partial charge in [0.15, 0.2) is 0 Å². The van der Waals surface area contributed by atoms with Gasteiger partial charge in [0.1, 0.15) is 11.4 Å². The fourth-order valence-corrected chi connectivity index (χ4v) is 3.77. The molecule has 0 bridgehead atoms. The van der Waals surface area contributed by atoms with Crippen molar-refractivity contribution < 1.29 is 23.2 Å². The summed E-state index contributed by atoms with van der Waals surface area (Å²) in [5.74, 6) is -0.995. The van der Waals surface area contributed by atoms with Crippen LogP contribution in [0.15, 0.2) is 18.2 Å². The quantitative estimate of drug-likeness (QED) is 0.762. The Morgan fingerprint density at radius 3 is 2.77 bits per heavy atom. The van der Waals surface area contributed by atoms with Crippen LogP contribution in [-0.2, 0) is 32.5 Å². The monoisotopic (exact) mass is 329 g/mol. The van der Waals surface area contributed by atoms with E-state index in [0.717, 1.165) is 12.8 Å². The largest absolute Gasteiger partial charge is 0.481 e. The van der Waals surface area contributed by atoms with Crippen LogP contribution in [0.4, 0.5) is 4.39 Å². The molecule has 1 atom stereocenters. The van der Waals surface area contributed by atoms with Gasteiger partial charge < -0.3 is 9.84 Å². The van der Waals surface area contributed by atoms with Crippen LogP contribution in [0, 0.1) is 5.82 Å².